The highest BCUT2D eigenvalue weighted by atomic mass is 16.5. The van der Waals surface area contributed by atoms with Crippen LogP contribution in [-0.4, -0.2) is 42.5 Å². The van der Waals surface area contributed by atoms with E-state index < -0.39 is 0 Å². The Morgan fingerprint density at radius 3 is 3.05 bits per heavy atom. The van der Waals surface area contributed by atoms with E-state index in [4.69, 9.17) is 10.5 Å². The summed E-state index contributed by atoms with van der Waals surface area (Å²) < 4.78 is 5.36. The lowest BCUT2D eigenvalue weighted by molar-refractivity contribution is 0.0872. The van der Waals surface area contributed by atoms with Gasteiger partial charge in [-0.25, -0.2) is 4.98 Å². The third-order valence-corrected chi connectivity index (χ3v) is 3.94. The fraction of sp³-hybridized carbons (Fsp3) is 0.375. The number of aromatic nitrogens is 2. The van der Waals surface area contributed by atoms with Crippen molar-refractivity contribution in [3.63, 3.8) is 0 Å². The molecule has 3 rings (SSSR count). The van der Waals surface area contributed by atoms with Crippen molar-refractivity contribution in [1.82, 2.24) is 9.97 Å². The molecule has 22 heavy (non-hydrogen) atoms. The number of hydrogen-bond donors (Lipinski definition) is 3. The quantitative estimate of drug-likeness (QED) is 0.755. The average Bonchev–Trinajstić information content (AvgIpc) is 3.04. The van der Waals surface area contributed by atoms with Crippen LogP contribution >= 0.6 is 0 Å². The molecule has 6 nitrogen and oxygen atoms in total. The van der Waals surface area contributed by atoms with Crippen LogP contribution in [0.25, 0.3) is 16.6 Å². The van der Waals surface area contributed by atoms with E-state index in [-0.39, 0.29) is 0 Å². The van der Waals surface area contributed by atoms with Crippen LogP contribution in [0.2, 0.25) is 0 Å². The van der Waals surface area contributed by atoms with Gasteiger partial charge in [0.1, 0.15) is 5.65 Å². The normalized spacial score (nSPS) is 17.4. The van der Waals surface area contributed by atoms with Crippen molar-refractivity contribution in [2.45, 2.75) is 18.9 Å². The zero-order valence-corrected chi connectivity index (χ0v) is 12.7. The smallest absolute Gasteiger partial charge is 0.139 e. The number of aliphatic imine (C=N–C) groups is 1. The summed E-state index contributed by atoms with van der Waals surface area (Å²) in [5.41, 5.74) is 9.49. The number of fused-ring (bicyclic) bond motifs is 1. The predicted octanol–water partition coefficient (Wildman–Crippen LogP) is 2.15. The van der Waals surface area contributed by atoms with E-state index in [9.17, 15) is 0 Å². The maximum absolute atomic E-state index is 5.82. The van der Waals surface area contributed by atoms with Crippen molar-refractivity contribution in [2.75, 3.05) is 25.6 Å². The van der Waals surface area contributed by atoms with E-state index >= 15 is 0 Å². The number of anilines is 1. The van der Waals surface area contributed by atoms with Crippen molar-refractivity contribution in [2.24, 2.45) is 10.7 Å². The van der Waals surface area contributed by atoms with Crippen LogP contribution in [-0.2, 0) is 4.74 Å². The Labute approximate surface area is 129 Å². The number of aromatic amines is 1. The molecule has 116 valence electrons. The van der Waals surface area contributed by atoms with Gasteiger partial charge in [0.2, 0.25) is 0 Å². The fourth-order valence-corrected chi connectivity index (χ4v) is 2.72. The van der Waals surface area contributed by atoms with Gasteiger partial charge in [0.15, 0.2) is 0 Å². The van der Waals surface area contributed by atoms with E-state index in [0.717, 1.165) is 53.9 Å². The van der Waals surface area contributed by atoms with Gasteiger partial charge >= 0.3 is 0 Å². The number of pyridine rings is 1. The highest BCUT2D eigenvalue weighted by Crippen LogP contribution is 2.29. The van der Waals surface area contributed by atoms with Crippen LogP contribution < -0.4 is 11.1 Å². The zero-order valence-electron chi connectivity index (χ0n) is 12.7. The van der Waals surface area contributed by atoms with Gasteiger partial charge in [-0.2, -0.15) is 0 Å². The SMILES string of the molecule is CNc1c(C(C=NC2CCOCC2)=CN)cnc2[nH]ccc12. The Balaban J connectivity index is 1.91. The predicted molar refractivity (Wildman–Crippen MR) is 90.1 cm³/mol. The second-order valence-electron chi connectivity index (χ2n) is 5.28. The van der Waals surface area contributed by atoms with E-state index in [0.29, 0.717) is 6.04 Å². The molecule has 1 aliphatic heterocycles. The van der Waals surface area contributed by atoms with Crippen LogP contribution in [0.5, 0.6) is 0 Å². The second-order valence-corrected chi connectivity index (χ2v) is 5.28. The molecule has 2 aromatic heterocycles. The molecule has 6 heteroatoms. The molecule has 3 heterocycles. The Hall–Kier alpha value is -2.34. The number of H-pyrrole nitrogens is 1. The summed E-state index contributed by atoms with van der Waals surface area (Å²) in [6.45, 7) is 1.56. The van der Waals surface area contributed by atoms with Crippen LogP contribution in [0.4, 0.5) is 5.69 Å². The molecule has 2 aromatic rings. The molecule has 0 atom stereocenters. The van der Waals surface area contributed by atoms with Crippen LogP contribution in [0.1, 0.15) is 18.4 Å². The number of hydrogen-bond acceptors (Lipinski definition) is 5. The Morgan fingerprint density at radius 2 is 2.32 bits per heavy atom. The monoisotopic (exact) mass is 299 g/mol. The minimum absolute atomic E-state index is 0.311. The van der Waals surface area contributed by atoms with Gasteiger partial charge in [-0.15, -0.1) is 0 Å². The first kappa shape index (κ1) is 14.6. The number of nitrogens with one attached hydrogen (secondary N) is 2. The molecule has 0 amide bonds. The average molecular weight is 299 g/mol. The van der Waals surface area contributed by atoms with Gasteiger partial charge < -0.3 is 20.8 Å². The minimum Gasteiger partial charge on any atom is -0.404 e. The van der Waals surface area contributed by atoms with Crippen molar-refractivity contribution < 1.29 is 4.74 Å². The molecular weight excluding hydrogens is 278 g/mol. The molecule has 4 N–H and O–H groups in total. The van der Waals surface area contributed by atoms with E-state index in [1.165, 1.54) is 0 Å². The highest BCUT2D eigenvalue weighted by molar-refractivity contribution is 6.14. The summed E-state index contributed by atoms with van der Waals surface area (Å²) in [4.78, 5) is 12.2. The standard InChI is InChI=1S/C16H21N5O/c1-18-15-13-2-5-19-16(13)21-10-14(15)11(8-17)9-20-12-3-6-22-7-4-12/h2,5,8-10,12H,3-4,6-7,17H2,1H3,(H2,18,19,21). The molecule has 0 radical (unpaired) electrons. The van der Waals surface area contributed by atoms with E-state index in [1.807, 2.05) is 31.7 Å². The molecule has 0 unspecified atom stereocenters. The molecule has 0 bridgehead atoms. The van der Waals surface area contributed by atoms with Crippen LogP contribution in [0, 0.1) is 0 Å². The first-order chi connectivity index (χ1) is 10.8. The van der Waals surface area contributed by atoms with Gasteiger partial charge in [0, 0.05) is 61.6 Å². The van der Waals surface area contributed by atoms with Gasteiger partial charge in [0.25, 0.3) is 0 Å². The fourth-order valence-electron chi connectivity index (χ4n) is 2.72. The van der Waals surface area contributed by atoms with E-state index in [2.05, 4.69) is 20.3 Å². The van der Waals surface area contributed by atoms with Crippen LogP contribution in [0.3, 0.4) is 0 Å². The molecule has 0 aromatic carbocycles. The topological polar surface area (TPSA) is 88.3 Å². The number of nitrogens with zero attached hydrogens (tertiary/aromatic N) is 2. The number of allylic oxidation sites excluding steroid dienone is 1. The summed E-state index contributed by atoms with van der Waals surface area (Å²) in [7, 11) is 1.90. The number of rotatable bonds is 4. The molecular formula is C16H21N5O. The zero-order chi connectivity index (χ0) is 15.4. The van der Waals surface area contributed by atoms with Crippen molar-refractivity contribution >= 4 is 28.5 Å². The third-order valence-electron chi connectivity index (χ3n) is 3.94. The van der Waals surface area contributed by atoms with Crippen molar-refractivity contribution in [1.29, 1.82) is 0 Å². The maximum Gasteiger partial charge on any atom is 0.139 e. The Morgan fingerprint density at radius 1 is 1.50 bits per heavy atom. The number of nitrogens with two attached hydrogens (primary N) is 1. The molecule has 1 fully saturated rings. The van der Waals surface area contributed by atoms with Gasteiger partial charge in [0.05, 0.1) is 11.7 Å². The van der Waals surface area contributed by atoms with Gasteiger partial charge in [-0.1, -0.05) is 0 Å². The summed E-state index contributed by atoms with van der Waals surface area (Å²) in [5, 5.41) is 4.28. The summed E-state index contributed by atoms with van der Waals surface area (Å²) in [5.74, 6) is 0. The summed E-state index contributed by atoms with van der Waals surface area (Å²) in [6.07, 6.45) is 9.06. The van der Waals surface area contributed by atoms with Gasteiger partial charge in [-0.05, 0) is 18.9 Å². The van der Waals surface area contributed by atoms with Crippen LogP contribution in [0.15, 0.2) is 29.7 Å². The molecule has 0 saturated carbocycles. The lowest BCUT2D eigenvalue weighted by Crippen LogP contribution is -2.18. The molecule has 1 saturated heterocycles. The lowest BCUT2D eigenvalue weighted by Gasteiger charge is -2.18. The molecule has 0 aliphatic carbocycles. The second kappa shape index (κ2) is 6.62. The van der Waals surface area contributed by atoms with Crippen molar-refractivity contribution in [3.05, 3.63) is 30.2 Å². The summed E-state index contributed by atoms with van der Waals surface area (Å²) in [6, 6.07) is 2.31. The first-order valence-corrected chi connectivity index (χ1v) is 7.50. The minimum atomic E-state index is 0.311. The molecule has 0 spiro atoms. The van der Waals surface area contributed by atoms with Crippen molar-refractivity contribution in [3.8, 4) is 0 Å². The largest absolute Gasteiger partial charge is 0.404 e. The van der Waals surface area contributed by atoms with E-state index in [1.54, 1.807) is 6.20 Å². The highest BCUT2D eigenvalue weighted by Gasteiger charge is 2.14. The molecule has 1 aliphatic rings. The Kier molecular flexibility index (Phi) is 4.39. The Bertz CT molecular complexity index is 698. The third kappa shape index (κ3) is 2.82. The van der Waals surface area contributed by atoms with Gasteiger partial charge in [-0.3, -0.25) is 4.99 Å². The lowest BCUT2D eigenvalue weighted by atomic mass is 10.1. The maximum atomic E-state index is 5.82. The number of ether oxygens (including phenoxy) is 1. The first-order valence-electron chi connectivity index (χ1n) is 7.50. The summed E-state index contributed by atoms with van der Waals surface area (Å²) >= 11 is 0.